The van der Waals surface area contributed by atoms with Gasteiger partial charge < -0.3 is 5.11 Å². The van der Waals surface area contributed by atoms with Crippen molar-refractivity contribution in [3.8, 4) is 0 Å². The second kappa shape index (κ2) is 3.66. The van der Waals surface area contributed by atoms with Gasteiger partial charge in [-0.15, -0.1) is 0 Å². The fourth-order valence-corrected chi connectivity index (χ4v) is 1.85. The molecule has 0 unspecified atom stereocenters. The maximum atomic E-state index is 11.0. The lowest BCUT2D eigenvalue weighted by Crippen LogP contribution is -2.06. The molecule has 5 heteroatoms. The number of aromatic nitrogens is 1. The van der Waals surface area contributed by atoms with Crippen LogP contribution in [0.3, 0.4) is 0 Å². The average Bonchev–Trinajstić information content (AvgIpc) is 2.46. The zero-order chi connectivity index (χ0) is 10.0. The molecule has 0 fully saturated rings. The third-order valence-electron chi connectivity index (χ3n) is 1.63. The summed E-state index contributed by atoms with van der Waals surface area (Å²) in [7, 11) is 0. The molecule has 1 N–H and O–H groups in total. The number of aromatic carboxylic acids is 1. The molecule has 1 heterocycles. The molecule has 13 heavy (non-hydrogen) atoms. The molecule has 0 radical (unpaired) electrons. The number of carboxylic acid groups (broad SMARTS) is 1. The first-order chi connectivity index (χ1) is 6.07. The van der Waals surface area contributed by atoms with E-state index < -0.39 is 5.97 Å². The van der Waals surface area contributed by atoms with E-state index in [1.54, 1.807) is 0 Å². The van der Waals surface area contributed by atoms with Crippen molar-refractivity contribution in [2.45, 2.75) is 20.3 Å². The number of hydrogen-bond acceptors (Lipinski definition) is 4. The van der Waals surface area contributed by atoms with Crippen molar-refractivity contribution < 1.29 is 14.7 Å². The van der Waals surface area contributed by atoms with E-state index in [0.29, 0.717) is 11.3 Å². The highest BCUT2D eigenvalue weighted by Crippen LogP contribution is 2.19. The molecule has 0 amide bonds. The summed E-state index contributed by atoms with van der Waals surface area (Å²) in [4.78, 5) is 22.4. The molecular weight excluding hydrogens is 190 g/mol. The molecule has 4 nitrogen and oxygen atoms in total. The maximum Gasteiger partial charge on any atom is 0.339 e. The van der Waals surface area contributed by atoms with Crippen LogP contribution in [0.25, 0.3) is 0 Å². The molecule has 1 rings (SSSR count). The quantitative estimate of drug-likeness (QED) is 0.751. The van der Waals surface area contributed by atoms with Crippen molar-refractivity contribution in [1.29, 1.82) is 0 Å². The Hall–Kier alpha value is -1.23. The standard InChI is InChI=1S/C8H9NO3S/c1-3-5-6(8(11)12)7(4(2)10)9-13-5/h3H2,1-2H3,(H,11,12). The van der Waals surface area contributed by atoms with Gasteiger partial charge in [-0.2, -0.15) is 4.37 Å². The SMILES string of the molecule is CCc1snc(C(C)=O)c1C(=O)O. The van der Waals surface area contributed by atoms with Crippen LogP contribution in [0.1, 0.15) is 39.6 Å². The molecule has 0 saturated carbocycles. The number of aryl methyl sites for hydroxylation is 1. The van der Waals surface area contributed by atoms with Gasteiger partial charge in [0.1, 0.15) is 11.3 Å². The molecule has 0 bridgehead atoms. The van der Waals surface area contributed by atoms with Crippen LogP contribution in [-0.4, -0.2) is 21.2 Å². The van der Waals surface area contributed by atoms with E-state index in [1.165, 1.54) is 6.92 Å². The van der Waals surface area contributed by atoms with Crippen molar-refractivity contribution in [3.05, 3.63) is 16.1 Å². The van der Waals surface area contributed by atoms with E-state index >= 15 is 0 Å². The number of ketones is 1. The minimum Gasteiger partial charge on any atom is -0.478 e. The van der Waals surface area contributed by atoms with Gasteiger partial charge >= 0.3 is 5.97 Å². The third-order valence-corrected chi connectivity index (χ3v) is 2.62. The molecule has 1 aromatic rings. The topological polar surface area (TPSA) is 67.3 Å². The number of Topliss-reactive ketones (excluding diaryl/α,β-unsaturated/α-hetero) is 1. The second-order valence-electron chi connectivity index (χ2n) is 2.54. The first-order valence-corrected chi connectivity index (χ1v) is 4.58. The number of carbonyl (C=O) groups is 2. The molecule has 70 valence electrons. The van der Waals surface area contributed by atoms with Gasteiger partial charge in [0.2, 0.25) is 0 Å². The van der Waals surface area contributed by atoms with E-state index in [-0.39, 0.29) is 17.0 Å². The van der Waals surface area contributed by atoms with E-state index in [4.69, 9.17) is 5.11 Å². The van der Waals surface area contributed by atoms with Gasteiger partial charge in [0.05, 0.1) is 0 Å². The lowest BCUT2D eigenvalue weighted by molar-refractivity contribution is 0.0691. The summed E-state index contributed by atoms with van der Waals surface area (Å²) in [5.74, 6) is -1.37. The molecule has 0 atom stereocenters. The monoisotopic (exact) mass is 199 g/mol. The van der Waals surface area contributed by atoms with Crippen molar-refractivity contribution in [3.63, 3.8) is 0 Å². The molecule has 0 aliphatic rings. The van der Waals surface area contributed by atoms with Crippen LogP contribution in [-0.2, 0) is 6.42 Å². The van der Waals surface area contributed by atoms with Gasteiger partial charge in [-0.1, -0.05) is 6.92 Å². The fraction of sp³-hybridized carbons (Fsp3) is 0.375. The molecule has 1 aromatic heterocycles. The van der Waals surface area contributed by atoms with Gasteiger partial charge in [-0.3, -0.25) is 4.79 Å². The molecule has 0 aromatic carbocycles. The minimum absolute atomic E-state index is 0.0694. The predicted octanol–water partition coefficient (Wildman–Crippen LogP) is 1.61. The van der Waals surface area contributed by atoms with Gasteiger partial charge in [0.15, 0.2) is 5.78 Å². The zero-order valence-corrected chi connectivity index (χ0v) is 8.14. The lowest BCUT2D eigenvalue weighted by Gasteiger charge is -1.94. The summed E-state index contributed by atoms with van der Waals surface area (Å²) < 4.78 is 3.82. The van der Waals surface area contributed by atoms with Crippen LogP contribution in [0.5, 0.6) is 0 Å². The van der Waals surface area contributed by atoms with Crippen LogP contribution in [0.15, 0.2) is 0 Å². The first-order valence-electron chi connectivity index (χ1n) is 3.80. The highest BCUT2D eigenvalue weighted by atomic mass is 32.1. The van der Waals surface area contributed by atoms with Crippen LogP contribution in [0.2, 0.25) is 0 Å². The molecule has 0 aliphatic carbocycles. The summed E-state index contributed by atoms with van der Waals surface area (Å²) in [6.45, 7) is 3.16. The van der Waals surface area contributed by atoms with E-state index in [9.17, 15) is 9.59 Å². The van der Waals surface area contributed by atoms with Crippen molar-refractivity contribution in [2.24, 2.45) is 0 Å². The normalized spacial score (nSPS) is 10.0. The summed E-state index contributed by atoms with van der Waals surface area (Å²) in [5, 5.41) is 8.83. The molecule has 0 spiro atoms. The Balaban J connectivity index is 3.30. The second-order valence-corrected chi connectivity index (χ2v) is 3.40. The molecule has 0 aliphatic heterocycles. The van der Waals surface area contributed by atoms with Crippen LogP contribution >= 0.6 is 11.5 Å². The number of rotatable bonds is 3. The Kier molecular flexibility index (Phi) is 2.77. The zero-order valence-electron chi connectivity index (χ0n) is 7.33. The van der Waals surface area contributed by atoms with E-state index in [0.717, 1.165) is 11.5 Å². The summed E-state index contributed by atoms with van der Waals surface area (Å²) in [6.07, 6.45) is 0.590. The maximum absolute atomic E-state index is 11.0. The number of carbonyl (C=O) groups excluding carboxylic acids is 1. The Morgan fingerprint density at radius 1 is 1.54 bits per heavy atom. The van der Waals surface area contributed by atoms with Crippen LogP contribution in [0.4, 0.5) is 0 Å². The van der Waals surface area contributed by atoms with E-state index in [2.05, 4.69) is 4.37 Å². The largest absolute Gasteiger partial charge is 0.478 e. The highest BCUT2D eigenvalue weighted by Gasteiger charge is 2.21. The Bertz CT molecular complexity index is 356. The molecule has 0 saturated heterocycles. The summed E-state index contributed by atoms with van der Waals surface area (Å²) in [6, 6.07) is 0. The van der Waals surface area contributed by atoms with Gasteiger partial charge in [-0.05, 0) is 18.0 Å². The predicted molar refractivity (Wildman–Crippen MR) is 48.5 cm³/mol. The number of carboxylic acids is 1. The van der Waals surface area contributed by atoms with Crippen molar-refractivity contribution >= 4 is 23.3 Å². The minimum atomic E-state index is -1.07. The summed E-state index contributed by atoms with van der Waals surface area (Å²) in [5.41, 5.74) is 0.148. The van der Waals surface area contributed by atoms with Gasteiger partial charge in [0.25, 0.3) is 0 Å². The number of nitrogens with zero attached hydrogens (tertiary/aromatic N) is 1. The van der Waals surface area contributed by atoms with Crippen LogP contribution < -0.4 is 0 Å². The average molecular weight is 199 g/mol. The van der Waals surface area contributed by atoms with Crippen molar-refractivity contribution in [2.75, 3.05) is 0 Å². The highest BCUT2D eigenvalue weighted by molar-refractivity contribution is 7.06. The van der Waals surface area contributed by atoms with Crippen LogP contribution in [0, 0.1) is 0 Å². The van der Waals surface area contributed by atoms with E-state index in [1.807, 2.05) is 6.92 Å². The van der Waals surface area contributed by atoms with Gasteiger partial charge in [-0.25, -0.2) is 4.79 Å². The van der Waals surface area contributed by atoms with Crippen molar-refractivity contribution in [1.82, 2.24) is 4.37 Å². The summed E-state index contributed by atoms with van der Waals surface area (Å²) >= 11 is 1.08. The Labute approximate surface area is 79.4 Å². The number of hydrogen-bond donors (Lipinski definition) is 1. The fourth-order valence-electron chi connectivity index (χ4n) is 1.03. The smallest absolute Gasteiger partial charge is 0.339 e. The molecular formula is C8H9NO3S. The Morgan fingerprint density at radius 3 is 2.54 bits per heavy atom. The third kappa shape index (κ3) is 1.75. The van der Waals surface area contributed by atoms with Gasteiger partial charge in [0, 0.05) is 11.8 Å². The lowest BCUT2D eigenvalue weighted by atomic mass is 10.1. The first kappa shape index (κ1) is 9.85. The Morgan fingerprint density at radius 2 is 2.15 bits per heavy atom.